The second-order valence-corrected chi connectivity index (χ2v) is 3.73. The van der Waals surface area contributed by atoms with Crippen molar-refractivity contribution >= 4 is 0 Å². The zero-order valence-corrected chi connectivity index (χ0v) is 8.58. The van der Waals surface area contributed by atoms with Crippen molar-refractivity contribution < 1.29 is 14.9 Å². The summed E-state index contributed by atoms with van der Waals surface area (Å²) in [4.78, 5) is 25.5. The number of aromatic amines is 1. The van der Waals surface area contributed by atoms with Crippen LogP contribution in [0.2, 0.25) is 0 Å². The van der Waals surface area contributed by atoms with Crippen LogP contribution in [0, 0.1) is 6.92 Å². The van der Waals surface area contributed by atoms with Gasteiger partial charge in [-0.3, -0.25) is 4.79 Å². The van der Waals surface area contributed by atoms with Gasteiger partial charge in [-0.25, -0.2) is 9.36 Å². The Hall–Kier alpha value is -1.44. The molecule has 0 radical (unpaired) electrons. The maximum atomic E-state index is 11.7. The lowest BCUT2D eigenvalue weighted by molar-refractivity contribution is -0.0231. The molecule has 7 heteroatoms. The molecule has 0 saturated carbocycles. The Balaban J connectivity index is 2.53. The monoisotopic (exact) mass is 228 g/mol. The van der Waals surface area contributed by atoms with Crippen LogP contribution in [0.4, 0.5) is 0 Å². The quantitative estimate of drug-likeness (QED) is 0.520. The SMILES string of the molecule is Cc1c[nH]c(=O)n([C@H]2OC[C@H](O)[C@@H]2O)c1=O. The average molecular weight is 228 g/mol. The lowest BCUT2D eigenvalue weighted by Gasteiger charge is -2.16. The highest BCUT2D eigenvalue weighted by molar-refractivity contribution is 5.02. The summed E-state index contributed by atoms with van der Waals surface area (Å²) in [6.07, 6.45) is -2.21. The molecule has 1 aromatic rings. The molecule has 1 saturated heterocycles. The average Bonchev–Trinajstić information content (AvgIpc) is 2.56. The van der Waals surface area contributed by atoms with Gasteiger partial charge >= 0.3 is 5.69 Å². The Morgan fingerprint density at radius 1 is 1.50 bits per heavy atom. The number of nitrogens with one attached hydrogen (secondary N) is 1. The largest absolute Gasteiger partial charge is 0.388 e. The van der Waals surface area contributed by atoms with Crippen LogP contribution in [-0.2, 0) is 4.74 Å². The van der Waals surface area contributed by atoms with Gasteiger partial charge in [-0.2, -0.15) is 0 Å². The van der Waals surface area contributed by atoms with Crippen LogP contribution < -0.4 is 11.2 Å². The number of H-pyrrole nitrogens is 1. The molecule has 2 heterocycles. The van der Waals surface area contributed by atoms with Crippen molar-refractivity contribution in [3.8, 4) is 0 Å². The first-order valence-electron chi connectivity index (χ1n) is 4.81. The molecule has 0 amide bonds. The highest BCUT2D eigenvalue weighted by Crippen LogP contribution is 2.21. The summed E-state index contributed by atoms with van der Waals surface area (Å²) >= 11 is 0. The fraction of sp³-hybridized carbons (Fsp3) is 0.556. The molecule has 88 valence electrons. The topological polar surface area (TPSA) is 105 Å². The first kappa shape index (κ1) is 11.1. The highest BCUT2D eigenvalue weighted by atomic mass is 16.5. The van der Waals surface area contributed by atoms with E-state index in [1.54, 1.807) is 0 Å². The van der Waals surface area contributed by atoms with Gasteiger partial charge in [-0.05, 0) is 6.92 Å². The van der Waals surface area contributed by atoms with Crippen molar-refractivity contribution in [2.45, 2.75) is 25.4 Å². The molecule has 1 aliphatic rings. The fourth-order valence-corrected chi connectivity index (χ4v) is 1.63. The molecular formula is C9H12N2O5. The minimum Gasteiger partial charge on any atom is -0.388 e. The minimum absolute atomic E-state index is 0.106. The molecule has 2 rings (SSSR count). The van der Waals surface area contributed by atoms with Crippen molar-refractivity contribution in [2.24, 2.45) is 0 Å². The van der Waals surface area contributed by atoms with Crippen LogP contribution in [0.3, 0.4) is 0 Å². The second kappa shape index (κ2) is 3.85. The molecule has 7 nitrogen and oxygen atoms in total. The van der Waals surface area contributed by atoms with Crippen LogP contribution >= 0.6 is 0 Å². The third kappa shape index (κ3) is 1.58. The Bertz CT molecular complexity index is 505. The lowest BCUT2D eigenvalue weighted by atomic mass is 10.2. The lowest BCUT2D eigenvalue weighted by Crippen LogP contribution is -2.43. The smallest absolute Gasteiger partial charge is 0.330 e. The molecular weight excluding hydrogens is 216 g/mol. The molecule has 3 atom stereocenters. The fourth-order valence-electron chi connectivity index (χ4n) is 1.63. The van der Waals surface area contributed by atoms with E-state index in [9.17, 15) is 19.8 Å². The summed E-state index contributed by atoms with van der Waals surface area (Å²) in [7, 11) is 0. The van der Waals surface area contributed by atoms with Gasteiger partial charge in [0, 0.05) is 11.8 Å². The van der Waals surface area contributed by atoms with E-state index >= 15 is 0 Å². The molecule has 1 fully saturated rings. The van der Waals surface area contributed by atoms with Crippen LogP contribution in [0.5, 0.6) is 0 Å². The Kier molecular flexibility index (Phi) is 2.66. The molecule has 1 aliphatic heterocycles. The summed E-state index contributed by atoms with van der Waals surface area (Å²) in [5.41, 5.74) is -0.882. The van der Waals surface area contributed by atoms with Gasteiger partial charge < -0.3 is 19.9 Å². The molecule has 0 spiro atoms. The molecule has 0 unspecified atom stereocenters. The van der Waals surface area contributed by atoms with Gasteiger partial charge in [0.15, 0.2) is 6.23 Å². The van der Waals surface area contributed by atoms with Crippen LogP contribution in [0.1, 0.15) is 11.8 Å². The molecule has 0 aromatic carbocycles. The molecule has 16 heavy (non-hydrogen) atoms. The highest BCUT2D eigenvalue weighted by Gasteiger charge is 2.37. The summed E-state index contributed by atoms with van der Waals surface area (Å²) in [5, 5.41) is 18.8. The van der Waals surface area contributed by atoms with E-state index in [2.05, 4.69) is 4.98 Å². The third-order valence-corrected chi connectivity index (χ3v) is 2.57. The summed E-state index contributed by atoms with van der Waals surface area (Å²) in [5.74, 6) is 0. The van der Waals surface area contributed by atoms with E-state index in [0.29, 0.717) is 5.56 Å². The maximum absolute atomic E-state index is 11.7. The van der Waals surface area contributed by atoms with Crippen LogP contribution in [0.25, 0.3) is 0 Å². The first-order chi connectivity index (χ1) is 7.52. The zero-order valence-electron chi connectivity index (χ0n) is 8.58. The van der Waals surface area contributed by atoms with Crippen molar-refractivity contribution in [1.29, 1.82) is 0 Å². The van der Waals surface area contributed by atoms with E-state index in [0.717, 1.165) is 4.57 Å². The number of aliphatic hydroxyl groups is 2. The summed E-state index contributed by atoms with van der Waals surface area (Å²) < 4.78 is 5.80. The molecule has 0 bridgehead atoms. The number of hydrogen-bond donors (Lipinski definition) is 3. The van der Waals surface area contributed by atoms with E-state index in [1.165, 1.54) is 13.1 Å². The summed E-state index contributed by atoms with van der Waals surface area (Å²) in [6, 6.07) is 0. The number of ether oxygens (including phenoxy) is 1. The van der Waals surface area contributed by atoms with Crippen molar-refractivity contribution in [3.63, 3.8) is 0 Å². The number of aliphatic hydroxyl groups excluding tert-OH is 2. The Morgan fingerprint density at radius 3 is 2.75 bits per heavy atom. The molecule has 3 N–H and O–H groups in total. The van der Waals surface area contributed by atoms with Crippen molar-refractivity contribution in [1.82, 2.24) is 9.55 Å². The summed E-state index contributed by atoms with van der Waals surface area (Å²) in [6.45, 7) is 1.43. The van der Waals surface area contributed by atoms with Crippen molar-refractivity contribution in [2.75, 3.05) is 6.61 Å². The predicted octanol–water partition coefficient (Wildman–Crippen LogP) is -1.90. The normalized spacial score (nSPS) is 29.6. The van der Waals surface area contributed by atoms with Gasteiger partial charge in [-0.1, -0.05) is 0 Å². The zero-order chi connectivity index (χ0) is 11.9. The predicted molar refractivity (Wildman–Crippen MR) is 53.1 cm³/mol. The van der Waals surface area contributed by atoms with Crippen LogP contribution in [-0.4, -0.2) is 38.6 Å². The van der Waals surface area contributed by atoms with Crippen molar-refractivity contribution in [3.05, 3.63) is 32.6 Å². The standard InChI is InChI=1S/C9H12N2O5/c1-4-2-10-9(15)11(7(4)14)8-6(13)5(12)3-16-8/h2,5-6,8,12-13H,3H2,1H3,(H,10,15)/t5-,6-,8-/m0/s1. The number of aromatic nitrogens is 2. The first-order valence-corrected chi connectivity index (χ1v) is 4.81. The Morgan fingerprint density at radius 2 is 2.19 bits per heavy atom. The van der Waals surface area contributed by atoms with E-state index in [4.69, 9.17) is 4.74 Å². The third-order valence-electron chi connectivity index (χ3n) is 2.57. The van der Waals surface area contributed by atoms with Gasteiger partial charge in [0.2, 0.25) is 0 Å². The number of rotatable bonds is 1. The van der Waals surface area contributed by atoms with E-state index < -0.39 is 29.7 Å². The van der Waals surface area contributed by atoms with E-state index in [1.807, 2.05) is 0 Å². The van der Waals surface area contributed by atoms with Gasteiger partial charge in [-0.15, -0.1) is 0 Å². The number of nitrogens with zero attached hydrogens (tertiary/aromatic N) is 1. The van der Waals surface area contributed by atoms with Gasteiger partial charge in [0.25, 0.3) is 5.56 Å². The molecule has 0 aliphatic carbocycles. The Labute approximate surface area is 89.9 Å². The number of hydrogen-bond acceptors (Lipinski definition) is 5. The van der Waals surface area contributed by atoms with Gasteiger partial charge in [0.05, 0.1) is 6.61 Å². The van der Waals surface area contributed by atoms with Crippen LogP contribution in [0.15, 0.2) is 15.8 Å². The molecule has 1 aromatic heterocycles. The minimum atomic E-state index is -1.28. The van der Waals surface area contributed by atoms with Gasteiger partial charge in [0.1, 0.15) is 12.2 Å². The second-order valence-electron chi connectivity index (χ2n) is 3.73. The maximum Gasteiger partial charge on any atom is 0.330 e. The number of aryl methyl sites for hydroxylation is 1. The van der Waals surface area contributed by atoms with E-state index in [-0.39, 0.29) is 6.61 Å².